The fourth-order valence-corrected chi connectivity index (χ4v) is 4.74. The predicted octanol–water partition coefficient (Wildman–Crippen LogP) is 5.59. The Morgan fingerprint density at radius 3 is 1.82 bits per heavy atom. The Labute approximate surface area is 210 Å². The van der Waals surface area contributed by atoms with Gasteiger partial charge in [-0.05, 0) is 69.2 Å². The molecule has 0 bridgehead atoms. The van der Waals surface area contributed by atoms with Crippen molar-refractivity contribution in [1.29, 1.82) is 10.5 Å². The highest BCUT2D eigenvalue weighted by atomic mass is 35.5. The third-order valence-electron chi connectivity index (χ3n) is 6.28. The molecular formula is C27H21BCl2N4. The second kappa shape index (κ2) is 9.39. The van der Waals surface area contributed by atoms with Crippen molar-refractivity contribution in [2.45, 2.75) is 27.7 Å². The second-order valence-electron chi connectivity index (χ2n) is 8.30. The fraction of sp³-hybridized carbons (Fsp3) is 0.148. The van der Waals surface area contributed by atoms with Crippen LogP contribution >= 0.6 is 23.2 Å². The van der Waals surface area contributed by atoms with Gasteiger partial charge in [-0.2, -0.15) is 10.5 Å². The highest BCUT2D eigenvalue weighted by molar-refractivity contribution is 6.84. The standard InChI is InChI=1S/C27H21BCl2N4/c1-16-24(14-31)18(3)33-26(16)13-27-17(2)25(15-32)19(4)34(27)28(20-5-9-22(29)10-6-20)21-7-11-23(30)12-8-21/h5-13H,1-4H3/b26-13-. The third-order valence-corrected chi connectivity index (χ3v) is 6.78. The second-order valence-corrected chi connectivity index (χ2v) is 9.17. The first-order chi connectivity index (χ1) is 16.3. The maximum Gasteiger partial charge on any atom is 0.327 e. The highest BCUT2D eigenvalue weighted by Crippen LogP contribution is 2.30. The summed E-state index contributed by atoms with van der Waals surface area (Å²) in [6.45, 7) is 7.42. The molecule has 0 spiro atoms. The van der Waals surface area contributed by atoms with Crippen LogP contribution in [0.4, 0.5) is 0 Å². The van der Waals surface area contributed by atoms with Gasteiger partial charge in [-0.25, -0.2) is 0 Å². The predicted molar refractivity (Wildman–Crippen MR) is 141 cm³/mol. The number of rotatable bonds is 4. The summed E-state index contributed by atoms with van der Waals surface area (Å²) in [5.74, 6) is 0. The Morgan fingerprint density at radius 1 is 0.853 bits per heavy atom. The van der Waals surface area contributed by atoms with E-state index in [1.165, 1.54) is 0 Å². The molecule has 34 heavy (non-hydrogen) atoms. The van der Waals surface area contributed by atoms with Gasteiger partial charge in [-0.1, -0.05) is 58.4 Å². The van der Waals surface area contributed by atoms with Crippen LogP contribution in [0.15, 0.2) is 70.4 Å². The van der Waals surface area contributed by atoms with E-state index in [1.54, 1.807) is 0 Å². The Morgan fingerprint density at radius 2 is 1.38 bits per heavy atom. The Bertz CT molecular complexity index is 1420. The zero-order chi connectivity index (χ0) is 24.6. The Balaban J connectivity index is 2.03. The number of allylic oxidation sites excluding steroid dienone is 2. The minimum Gasteiger partial charge on any atom is -0.379 e. The molecule has 0 radical (unpaired) electrons. The summed E-state index contributed by atoms with van der Waals surface area (Å²) in [6.07, 6.45) is 1.98. The Hall–Kier alpha value is -3.51. The van der Waals surface area contributed by atoms with Crippen molar-refractivity contribution in [1.82, 2.24) is 4.48 Å². The van der Waals surface area contributed by atoms with Crippen molar-refractivity contribution in [3.63, 3.8) is 0 Å². The first-order valence-electron chi connectivity index (χ1n) is 10.8. The van der Waals surface area contributed by atoms with E-state index in [0.717, 1.165) is 39.1 Å². The number of aliphatic imine (C=N–C) groups is 1. The molecule has 0 amide bonds. The molecule has 1 aliphatic rings. The lowest BCUT2D eigenvalue weighted by molar-refractivity contribution is 1.10. The van der Waals surface area contributed by atoms with Crippen LogP contribution < -0.4 is 10.9 Å². The number of nitrogens with zero attached hydrogens (tertiary/aromatic N) is 4. The summed E-state index contributed by atoms with van der Waals surface area (Å²) in [5, 5.41) is 20.8. The molecule has 3 aromatic rings. The number of aromatic nitrogens is 1. The van der Waals surface area contributed by atoms with E-state index >= 15 is 0 Å². The monoisotopic (exact) mass is 482 g/mol. The normalized spacial score (nSPS) is 14.2. The van der Waals surface area contributed by atoms with Crippen LogP contribution in [-0.2, 0) is 0 Å². The largest absolute Gasteiger partial charge is 0.379 e. The van der Waals surface area contributed by atoms with E-state index < -0.39 is 0 Å². The molecule has 0 N–H and O–H groups in total. The topological polar surface area (TPSA) is 64.9 Å². The van der Waals surface area contributed by atoms with Gasteiger partial charge in [0, 0.05) is 21.4 Å². The lowest BCUT2D eigenvalue weighted by atomic mass is 9.50. The van der Waals surface area contributed by atoms with Crippen LogP contribution in [0.25, 0.3) is 6.08 Å². The molecule has 0 aliphatic carbocycles. The zero-order valence-electron chi connectivity index (χ0n) is 19.3. The van der Waals surface area contributed by atoms with Crippen LogP contribution in [-0.4, -0.2) is 17.0 Å². The summed E-state index contributed by atoms with van der Waals surface area (Å²) in [7, 11) is 0. The van der Waals surface area contributed by atoms with E-state index in [2.05, 4.69) is 21.6 Å². The number of halogens is 2. The SMILES string of the molecule is CC1=N/C(=C\c2c(C)c(C#N)c(C)n2B(c2ccc(Cl)cc2)c2ccc(Cl)cc2)C(C)=C1C#N. The van der Waals surface area contributed by atoms with Gasteiger partial charge in [0.25, 0.3) is 0 Å². The number of hydrogen-bond acceptors (Lipinski definition) is 3. The molecule has 0 unspecified atom stereocenters. The van der Waals surface area contributed by atoms with Crippen LogP contribution in [0.5, 0.6) is 0 Å². The molecule has 0 saturated heterocycles. The van der Waals surface area contributed by atoms with E-state index in [4.69, 9.17) is 23.2 Å². The van der Waals surface area contributed by atoms with Crippen molar-refractivity contribution >= 4 is 52.8 Å². The molecule has 1 aliphatic heterocycles. The molecule has 2 heterocycles. The van der Waals surface area contributed by atoms with E-state index in [9.17, 15) is 10.5 Å². The van der Waals surface area contributed by atoms with Crippen LogP contribution in [0, 0.1) is 36.5 Å². The van der Waals surface area contributed by atoms with Gasteiger partial charge in [0.15, 0.2) is 0 Å². The molecule has 0 saturated carbocycles. The summed E-state index contributed by atoms with van der Waals surface area (Å²) in [4.78, 5) is 4.64. The lowest BCUT2D eigenvalue weighted by Gasteiger charge is -2.21. The number of benzene rings is 2. The van der Waals surface area contributed by atoms with Gasteiger partial charge in [0.05, 0.1) is 22.5 Å². The van der Waals surface area contributed by atoms with Gasteiger partial charge in [-0.15, -0.1) is 0 Å². The van der Waals surface area contributed by atoms with Crippen molar-refractivity contribution < 1.29 is 0 Å². The third kappa shape index (κ3) is 4.10. The average molecular weight is 483 g/mol. The van der Waals surface area contributed by atoms with Gasteiger partial charge < -0.3 is 4.48 Å². The Kier molecular flexibility index (Phi) is 6.53. The molecule has 7 heteroatoms. The van der Waals surface area contributed by atoms with Crippen LogP contribution in [0.3, 0.4) is 0 Å². The first kappa shape index (κ1) is 23.6. The smallest absolute Gasteiger partial charge is 0.327 e. The maximum atomic E-state index is 9.97. The first-order valence-corrected chi connectivity index (χ1v) is 11.5. The van der Waals surface area contributed by atoms with Gasteiger partial charge in [0.2, 0.25) is 0 Å². The summed E-state index contributed by atoms with van der Waals surface area (Å²) in [6, 6.07) is 20.1. The maximum absolute atomic E-state index is 9.97. The van der Waals surface area contributed by atoms with E-state index in [-0.39, 0.29) is 6.85 Å². The van der Waals surface area contributed by atoms with E-state index in [1.807, 2.05) is 82.3 Å². The lowest BCUT2D eigenvalue weighted by Crippen LogP contribution is -2.49. The molecule has 4 rings (SSSR count). The van der Waals surface area contributed by atoms with Gasteiger partial charge in [0.1, 0.15) is 12.1 Å². The average Bonchev–Trinajstić information content (AvgIpc) is 3.22. The quantitative estimate of drug-likeness (QED) is 0.454. The minimum atomic E-state index is -0.228. The number of nitriles is 2. The molecule has 0 fully saturated rings. The molecule has 2 aromatic carbocycles. The van der Waals surface area contributed by atoms with E-state index in [0.29, 0.717) is 26.9 Å². The van der Waals surface area contributed by atoms with Crippen molar-refractivity contribution in [3.05, 3.63) is 97.9 Å². The van der Waals surface area contributed by atoms with Gasteiger partial charge >= 0.3 is 6.85 Å². The number of hydrogen-bond donors (Lipinski definition) is 0. The summed E-state index contributed by atoms with van der Waals surface area (Å²) in [5.41, 5.74) is 8.10. The molecule has 166 valence electrons. The molecule has 4 nitrogen and oxygen atoms in total. The van der Waals surface area contributed by atoms with Crippen molar-refractivity contribution in [2.24, 2.45) is 4.99 Å². The molecular weight excluding hydrogens is 462 g/mol. The zero-order valence-corrected chi connectivity index (χ0v) is 20.8. The summed E-state index contributed by atoms with van der Waals surface area (Å²) < 4.78 is 2.16. The van der Waals surface area contributed by atoms with Crippen LogP contribution in [0.1, 0.15) is 36.4 Å². The molecule has 1 aromatic heterocycles. The van der Waals surface area contributed by atoms with Crippen molar-refractivity contribution in [2.75, 3.05) is 0 Å². The molecule has 0 atom stereocenters. The van der Waals surface area contributed by atoms with Gasteiger partial charge in [-0.3, -0.25) is 4.99 Å². The fourth-order valence-electron chi connectivity index (χ4n) is 4.49. The highest BCUT2D eigenvalue weighted by Gasteiger charge is 2.30. The minimum absolute atomic E-state index is 0.228. The van der Waals surface area contributed by atoms with Crippen LogP contribution in [0.2, 0.25) is 10.0 Å². The summed E-state index contributed by atoms with van der Waals surface area (Å²) >= 11 is 12.4. The van der Waals surface area contributed by atoms with Crippen molar-refractivity contribution in [3.8, 4) is 12.1 Å².